The summed E-state index contributed by atoms with van der Waals surface area (Å²) >= 11 is 9.01. The van der Waals surface area contributed by atoms with Gasteiger partial charge >= 0.3 is 0 Å². The van der Waals surface area contributed by atoms with Crippen LogP contribution in [0.5, 0.6) is 0 Å². The molecule has 0 aliphatic carbocycles. The van der Waals surface area contributed by atoms with Gasteiger partial charge in [-0.2, -0.15) is 0 Å². The predicted octanol–water partition coefficient (Wildman–Crippen LogP) is 3.55. The quantitative estimate of drug-likeness (QED) is 0.792. The second-order valence-electron chi connectivity index (χ2n) is 3.91. The average molecular weight is 313 g/mol. The summed E-state index contributed by atoms with van der Waals surface area (Å²) in [4.78, 5) is 19.0. The molecule has 2 heterocycles. The maximum atomic E-state index is 12.0. The molecule has 19 heavy (non-hydrogen) atoms. The number of aromatic nitrogens is 1. The smallest absolute Gasteiger partial charge is 0.233 e. The third kappa shape index (κ3) is 4.23. The summed E-state index contributed by atoms with van der Waals surface area (Å²) in [6.07, 6.45) is 1.67. The summed E-state index contributed by atoms with van der Waals surface area (Å²) in [5.41, 5.74) is 0. The summed E-state index contributed by atoms with van der Waals surface area (Å²) in [5, 5.41) is 3.29. The molecule has 0 atom stereocenters. The molecule has 6 heteroatoms. The van der Waals surface area contributed by atoms with Crippen LogP contribution in [0.2, 0.25) is 5.02 Å². The molecule has 3 nitrogen and oxygen atoms in total. The lowest BCUT2D eigenvalue weighted by Gasteiger charge is -2.15. The largest absolute Gasteiger partial charge is 0.340 e. The van der Waals surface area contributed by atoms with E-state index in [0.29, 0.717) is 22.3 Å². The Morgan fingerprint density at radius 1 is 1.47 bits per heavy atom. The summed E-state index contributed by atoms with van der Waals surface area (Å²) < 4.78 is 0. The van der Waals surface area contributed by atoms with Gasteiger partial charge in [-0.3, -0.25) is 4.79 Å². The summed E-state index contributed by atoms with van der Waals surface area (Å²) in [5.74, 6) is 0.415. The minimum Gasteiger partial charge on any atom is -0.340 e. The van der Waals surface area contributed by atoms with Gasteiger partial charge in [-0.25, -0.2) is 4.98 Å². The first-order chi connectivity index (χ1) is 9.16. The van der Waals surface area contributed by atoms with Gasteiger partial charge in [0.05, 0.1) is 17.3 Å². The number of nitrogens with zero attached hydrogens (tertiary/aromatic N) is 2. The maximum Gasteiger partial charge on any atom is 0.233 e. The predicted molar refractivity (Wildman–Crippen MR) is 80.8 cm³/mol. The summed E-state index contributed by atoms with van der Waals surface area (Å²) in [6.45, 7) is 0.646. The van der Waals surface area contributed by atoms with Gasteiger partial charge < -0.3 is 4.90 Å². The van der Waals surface area contributed by atoms with Crippen LogP contribution in [0.3, 0.4) is 0 Å². The molecule has 0 radical (unpaired) electrons. The monoisotopic (exact) mass is 312 g/mol. The van der Waals surface area contributed by atoms with Crippen LogP contribution in [0.4, 0.5) is 0 Å². The van der Waals surface area contributed by atoms with Crippen molar-refractivity contribution < 1.29 is 4.79 Å². The summed E-state index contributed by atoms with van der Waals surface area (Å²) in [7, 11) is 1.81. The van der Waals surface area contributed by atoms with Gasteiger partial charge in [-0.1, -0.05) is 29.4 Å². The Morgan fingerprint density at radius 2 is 2.32 bits per heavy atom. The molecule has 0 unspecified atom stereocenters. The zero-order valence-electron chi connectivity index (χ0n) is 10.4. The lowest BCUT2D eigenvalue weighted by atomic mass is 10.4. The molecule has 0 spiro atoms. The second-order valence-corrected chi connectivity index (χ2v) is 6.31. The fraction of sp³-hybridized carbons (Fsp3) is 0.231. The molecule has 0 aromatic carbocycles. The van der Waals surface area contributed by atoms with Crippen LogP contribution in [-0.4, -0.2) is 28.6 Å². The van der Waals surface area contributed by atoms with Crippen molar-refractivity contribution in [3.8, 4) is 0 Å². The summed E-state index contributed by atoms with van der Waals surface area (Å²) in [6, 6.07) is 7.56. The van der Waals surface area contributed by atoms with Crippen molar-refractivity contribution in [2.24, 2.45) is 0 Å². The van der Waals surface area contributed by atoms with Crippen molar-refractivity contribution in [1.29, 1.82) is 0 Å². The molecule has 0 aliphatic rings. The third-order valence-electron chi connectivity index (χ3n) is 2.46. The normalized spacial score (nSPS) is 10.4. The number of halogens is 1. The minimum atomic E-state index is 0.0696. The number of carbonyl (C=O) groups is 1. The van der Waals surface area contributed by atoms with Crippen LogP contribution in [0.25, 0.3) is 0 Å². The molecule has 0 fully saturated rings. The van der Waals surface area contributed by atoms with E-state index in [0.717, 1.165) is 0 Å². The van der Waals surface area contributed by atoms with Crippen molar-refractivity contribution in [3.63, 3.8) is 0 Å². The van der Waals surface area contributed by atoms with Crippen LogP contribution in [0, 0.1) is 0 Å². The van der Waals surface area contributed by atoms with Crippen LogP contribution < -0.4 is 0 Å². The zero-order chi connectivity index (χ0) is 13.7. The molecule has 1 amide bonds. The van der Waals surface area contributed by atoms with E-state index in [9.17, 15) is 4.79 Å². The van der Waals surface area contributed by atoms with Gasteiger partial charge in [-0.05, 0) is 23.6 Å². The number of rotatable bonds is 5. The van der Waals surface area contributed by atoms with Gasteiger partial charge in [-0.15, -0.1) is 11.3 Å². The second kappa shape index (κ2) is 6.93. The Bertz CT molecular complexity index is 545. The molecular weight excluding hydrogens is 300 g/mol. The van der Waals surface area contributed by atoms with Crippen LogP contribution in [0.1, 0.15) is 4.88 Å². The first-order valence-corrected chi connectivity index (χ1v) is 7.91. The van der Waals surface area contributed by atoms with Crippen molar-refractivity contribution in [1.82, 2.24) is 9.88 Å². The third-order valence-corrected chi connectivity index (χ3v) is 4.72. The SMILES string of the molecule is CN(Cc1cccs1)C(=O)CSc1ncccc1Cl. The van der Waals surface area contributed by atoms with Gasteiger partial charge in [0.1, 0.15) is 5.03 Å². The lowest BCUT2D eigenvalue weighted by molar-refractivity contribution is -0.127. The number of amides is 1. The number of thiophene rings is 1. The van der Waals surface area contributed by atoms with E-state index >= 15 is 0 Å². The van der Waals surface area contributed by atoms with Crippen LogP contribution >= 0.6 is 34.7 Å². The van der Waals surface area contributed by atoms with E-state index < -0.39 is 0 Å². The van der Waals surface area contributed by atoms with Gasteiger partial charge in [0.15, 0.2) is 0 Å². The van der Waals surface area contributed by atoms with Crippen LogP contribution in [-0.2, 0) is 11.3 Å². The molecule has 2 aromatic heterocycles. The van der Waals surface area contributed by atoms with Crippen molar-refractivity contribution in [2.75, 3.05) is 12.8 Å². The molecule has 0 saturated carbocycles. The Labute approximate surface area is 125 Å². The molecule has 0 bridgehead atoms. The molecule has 2 rings (SSSR count). The fourth-order valence-corrected chi connectivity index (χ4v) is 3.31. The molecule has 100 valence electrons. The molecule has 0 N–H and O–H groups in total. The number of thioether (sulfide) groups is 1. The highest BCUT2D eigenvalue weighted by atomic mass is 35.5. The molecular formula is C13H13ClN2OS2. The van der Waals surface area contributed by atoms with Crippen molar-refractivity contribution in [3.05, 3.63) is 45.7 Å². The Balaban J connectivity index is 1.86. The van der Waals surface area contributed by atoms with E-state index in [1.54, 1.807) is 34.6 Å². The molecule has 2 aromatic rings. The number of hydrogen-bond acceptors (Lipinski definition) is 4. The van der Waals surface area contributed by atoms with E-state index in [2.05, 4.69) is 4.98 Å². The standard InChI is InChI=1S/C13H13ClN2OS2/c1-16(8-10-4-3-7-18-10)12(17)9-19-13-11(14)5-2-6-15-13/h2-7H,8-9H2,1H3. The highest BCUT2D eigenvalue weighted by Gasteiger charge is 2.11. The highest BCUT2D eigenvalue weighted by Crippen LogP contribution is 2.24. The Hall–Kier alpha value is -1.04. The number of carbonyl (C=O) groups excluding carboxylic acids is 1. The average Bonchev–Trinajstić information content (AvgIpc) is 2.90. The number of hydrogen-bond donors (Lipinski definition) is 0. The van der Waals surface area contributed by atoms with E-state index in [4.69, 9.17) is 11.6 Å². The van der Waals surface area contributed by atoms with Crippen molar-refractivity contribution >= 4 is 40.6 Å². The first-order valence-electron chi connectivity index (χ1n) is 5.66. The lowest BCUT2D eigenvalue weighted by Crippen LogP contribution is -2.27. The topological polar surface area (TPSA) is 33.2 Å². The van der Waals surface area contributed by atoms with E-state index in [-0.39, 0.29) is 5.91 Å². The minimum absolute atomic E-state index is 0.0696. The Kier molecular flexibility index (Phi) is 5.24. The van der Waals surface area contributed by atoms with Gasteiger partial charge in [0.25, 0.3) is 0 Å². The van der Waals surface area contributed by atoms with Gasteiger partial charge in [0.2, 0.25) is 5.91 Å². The fourth-order valence-electron chi connectivity index (χ4n) is 1.44. The molecule has 0 aliphatic heterocycles. The zero-order valence-corrected chi connectivity index (χ0v) is 12.8. The Morgan fingerprint density at radius 3 is 3.00 bits per heavy atom. The van der Waals surface area contributed by atoms with Crippen LogP contribution in [0.15, 0.2) is 40.9 Å². The van der Waals surface area contributed by atoms with Gasteiger partial charge in [0, 0.05) is 18.1 Å². The van der Waals surface area contributed by atoms with E-state index in [1.165, 1.54) is 16.6 Å². The first kappa shape index (κ1) is 14.4. The van der Waals surface area contributed by atoms with E-state index in [1.807, 2.05) is 24.6 Å². The molecule has 0 saturated heterocycles. The van der Waals surface area contributed by atoms with Crippen molar-refractivity contribution in [2.45, 2.75) is 11.6 Å². The number of pyridine rings is 1. The maximum absolute atomic E-state index is 12.0. The highest BCUT2D eigenvalue weighted by molar-refractivity contribution is 8.00.